The minimum atomic E-state index is -0.523. The molecule has 1 aliphatic rings. The van der Waals surface area contributed by atoms with Crippen LogP contribution in [0.5, 0.6) is 0 Å². The predicted molar refractivity (Wildman–Crippen MR) is 161 cm³/mol. The lowest BCUT2D eigenvalue weighted by Crippen LogP contribution is -2.44. The van der Waals surface area contributed by atoms with Gasteiger partial charge in [-0.2, -0.15) is 0 Å². The molecule has 3 aromatic rings. The van der Waals surface area contributed by atoms with E-state index in [2.05, 4.69) is 39.4 Å². The van der Waals surface area contributed by atoms with E-state index in [-0.39, 0.29) is 22.4 Å². The van der Waals surface area contributed by atoms with E-state index in [1.54, 1.807) is 6.07 Å². The Bertz CT molecular complexity index is 1600. The van der Waals surface area contributed by atoms with E-state index in [4.69, 9.17) is 27.9 Å². The summed E-state index contributed by atoms with van der Waals surface area (Å²) in [5, 5.41) is 1.26. The number of nitrogens with one attached hydrogen (secondary N) is 1. The molecule has 212 valence electrons. The third-order valence-electron chi connectivity index (χ3n) is 6.60. The fraction of sp³-hybridized carbons (Fsp3) is 0.400. The fourth-order valence-electron chi connectivity index (χ4n) is 4.59. The van der Waals surface area contributed by atoms with Gasteiger partial charge in [0.25, 0.3) is 5.56 Å². The molecule has 2 aromatic carbocycles. The molecule has 0 atom stereocenters. The maximum Gasteiger partial charge on any atom is 0.306 e. The van der Waals surface area contributed by atoms with Crippen LogP contribution in [0.4, 0.5) is 17.2 Å². The number of hydrogen-bond acceptors (Lipinski definition) is 7. The molecule has 0 saturated carbocycles. The minimum absolute atomic E-state index is 0.222. The van der Waals surface area contributed by atoms with Crippen molar-refractivity contribution in [1.29, 1.82) is 0 Å². The molecule has 0 bridgehead atoms. The highest BCUT2D eigenvalue weighted by Crippen LogP contribution is 2.36. The maximum atomic E-state index is 12.8. The number of rotatable bonds is 9. The molecular weight excluding hydrogens is 549 g/mol. The van der Waals surface area contributed by atoms with Crippen molar-refractivity contribution in [3.8, 4) is 0 Å². The Morgan fingerprint density at radius 3 is 2.52 bits per heavy atom. The third kappa shape index (κ3) is 7.30. The van der Waals surface area contributed by atoms with Crippen molar-refractivity contribution < 1.29 is 9.53 Å². The number of aromatic amines is 1. The van der Waals surface area contributed by atoms with Gasteiger partial charge in [0, 0.05) is 26.1 Å². The van der Waals surface area contributed by atoms with Crippen LogP contribution in [0.2, 0.25) is 10.0 Å². The number of H-pyrrole nitrogens is 1. The Kier molecular flexibility index (Phi) is 9.02. The van der Waals surface area contributed by atoms with Gasteiger partial charge in [-0.3, -0.25) is 14.5 Å². The Balaban J connectivity index is 1.61. The first kappa shape index (κ1) is 29.8. The van der Waals surface area contributed by atoms with Crippen molar-refractivity contribution in [2.45, 2.75) is 59.6 Å². The molecule has 1 N–H and O–H groups in total. The van der Waals surface area contributed by atoms with Crippen LogP contribution in [0.1, 0.15) is 50.3 Å². The summed E-state index contributed by atoms with van der Waals surface area (Å²) in [6.45, 7) is 15.9. The smallest absolute Gasteiger partial charge is 0.306 e. The first-order valence-corrected chi connectivity index (χ1v) is 14.0. The summed E-state index contributed by atoms with van der Waals surface area (Å²) in [6, 6.07) is 9.66. The lowest BCUT2D eigenvalue weighted by Gasteiger charge is -2.31. The van der Waals surface area contributed by atoms with Gasteiger partial charge in [0.1, 0.15) is 11.1 Å². The number of carbonyl (C=O) groups is 1. The average molecular weight is 585 g/mol. The van der Waals surface area contributed by atoms with Gasteiger partial charge in [-0.25, -0.2) is 9.98 Å². The van der Waals surface area contributed by atoms with Crippen LogP contribution in [-0.2, 0) is 16.1 Å². The van der Waals surface area contributed by atoms with Crippen LogP contribution in [0.25, 0.3) is 6.58 Å². The van der Waals surface area contributed by atoms with E-state index in [1.807, 2.05) is 50.8 Å². The second-order valence-corrected chi connectivity index (χ2v) is 11.9. The molecule has 8 nitrogen and oxygen atoms in total. The number of aryl methyl sites for hydroxylation is 2. The number of fused-ring (bicyclic) bond motifs is 2. The molecule has 1 aromatic heterocycles. The number of carbonyl (C=O) groups excluding carboxylic acids is 1. The zero-order valence-electron chi connectivity index (χ0n) is 23.6. The number of benzene rings is 2. The van der Waals surface area contributed by atoms with Crippen molar-refractivity contribution in [3.05, 3.63) is 78.3 Å². The first-order chi connectivity index (χ1) is 18.8. The van der Waals surface area contributed by atoms with Crippen LogP contribution < -0.4 is 21.3 Å². The van der Waals surface area contributed by atoms with Crippen molar-refractivity contribution in [2.75, 3.05) is 24.5 Å². The molecule has 40 heavy (non-hydrogen) atoms. The Morgan fingerprint density at radius 2 is 1.82 bits per heavy atom. The number of anilines is 2. The van der Waals surface area contributed by atoms with Gasteiger partial charge in [0.2, 0.25) is 0 Å². The van der Waals surface area contributed by atoms with Gasteiger partial charge in [0.05, 0.1) is 21.4 Å². The lowest BCUT2D eigenvalue weighted by molar-refractivity contribution is -0.155. The highest BCUT2D eigenvalue weighted by Gasteiger charge is 2.24. The van der Waals surface area contributed by atoms with E-state index < -0.39 is 5.60 Å². The van der Waals surface area contributed by atoms with Crippen LogP contribution in [0.15, 0.2) is 40.1 Å². The lowest BCUT2D eigenvalue weighted by atomic mass is 10.1. The second kappa shape index (κ2) is 12.1. The first-order valence-electron chi connectivity index (χ1n) is 13.3. The number of nitrogens with zero attached hydrogens (tertiary/aromatic N) is 4. The monoisotopic (exact) mass is 583 g/mol. The van der Waals surface area contributed by atoms with Crippen LogP contribution in [0, 0.1) is 13.8 Å². The summed E-state index contributed by atoms with van der Waals surface area (Å²) in [5.74, 6) is 0.257. The maximum absolute atomic E-state index is 12.8. The highest BCUT2D eigenvalue weighted by molar-refractivity contribution is 6.42. The molecule has 0 amide bonds. The zero-order chi connectivity index (χ0) is 29.2. The van der Waals surface area contributed by atoms with Crippen molar-refractivity contribution in [2.24, 2.45) is 4.99 Å². The molecule has 0 spiro atoms. The number of hydrogen-bond donors (Lipinski definition) is 1. The van der Waals surface area contributed by atoms with Gasteiger partial charge in [-0.15, -0.1) is 0 Å². The Hall–Kier alpha value is -3.20. The van der Waals surface area contributed by atoms with Gasteiger partial charge in [-0.1, -0.05) is 35.8 Å². The molecule has 10 heteroatoms. The van der Waals surface area contributed by atoms with Crippen LogP contribution in [-0.4, -0.2) is 46.1 Å². The van der Waals surface area contributed by atoms with Crippen LogP contribution in [0.3, 0.4) is 0 Å². The molecular formula is C30H35Cl2N5O3. The third-order valence-corrected chi connectivity index (χ3v) is 7.34. The van der Waals surface area contributed by atoms with Crippen LogP contribution >= 0.6 is 23.2 Å². The predicted octanol–water partition coefficient (Wildman–Crippen LogP) is 5.13. The average Bonchev–Trinajstić information content (AvgIpc) is 2.84. The van der Waals surface area contributed by atoms with E-state index in [0.717, 1.165) is 28.1 Å². The summed E-state index contributed by atoms with van der Waals surface area (Å²) in [4.78, 5) is 41.3. The second-order valence-electron chi connectivity index (χ2n) is 11.1. The van der Waals surface area contributed by atoms with E-state index in [1.165, 1.54) is 0 Å². The van der Waals surface area contributed by atoms with Gasteiger partial charge in [0.15, 0.2) is 11.2 Å². The molecule has 0 radical (unpaired) electrons. The summed E-state index contributed by atoms with van der Waals surface area (Å²) < 4.78 is 5.49. The number of halogens is 2. The standard InChI is InChI=1S/C30H35Cl2N5O3/c1-18-14-24-25(15-19(18)2)37(28-27(35-24)29(39)34-20(3)33-28)13-12-36(11-7-8-26(38)40-30(4,5)6)17-21-9-10-22(31)23(32)16-21/h9-10,14-16H,3,7-8,11-13,17H2,1-2,4-6H3,(H,34,39). The van der Waals surface area contributed by atoms with Crippen molar-refractivity contribution >= 4 is 52.9 Å². The number of aromatic nitrogens is 2. The van der Waals surface area contributed by atoms with Crippen molar-refractivity contribution in [1.82, 2.24) is 14.9 Å². The number of ether oxygens (including phenoxy) is 1. The molecule has 1 aliphatic heterocycles. The molecule has 0 unspecified atom stereocenters. The topological polar surface area (TPSA) is 90.9 Å². The van der Waals surface area contributed by atoms with E-state index in [0.29, 0.717) is 54.9 Å². The van der Waals surface area contributed by atoms with E-state index >= 15 is 0 Å². The Morgan fingerprint density at radius 1 is 1.10 bits per heavy atom. The fourth-order valence-corrected chi connectivity index (χ4v) is 4.91. The quantitative estimate of drug-likeness (QED) is 0.351. The van der Waals surface area contributed by atoms with Gasteiger partial charge >= 0.3 is 5.97 Å². The molecule has 0 fully saturated rings. The summed E-state index contributed by atoms with van der Waals surface area (Å²) in [6.07, 6.45) is 0.932. The normalized spacial score (nSPS) is 12.7. The molecule has 2 heterocycles. The number of esters is 1. The SMILES string of the molecule is C=c1nc2c(c(=O)[nH]1)=Nc1cc(C)c(C)cc1N2CCN(CCCC(=O)OC(C)(C)C)Cc1ccc(Cl)c(Cl)c1. The summed E-state index contributed by atoms with van der Waals surface area (Å²) in [7, 11) is 0. The van der Waals surface area contributed by atoms with Gasteiger partial charge < -0.3 is 14.6 Å². The zero-order valence-corrected chi connectivity index (χ0v) is 25.1. The molecule has 0 saturated heterocycles. The summed E-state index contributed by atoms with van der Waals surface area (Å²) >= 11 is 12.4. The summed E-state index contributed by atoms with van der Waals surface area (Å²) in [5.41, 5.74) is 4.25. The van der Waals surface area contributed by atoms with Gasteiger partial charge in [-0.05, 0) is 88.5 Å². The largest absolute Gasteiger partial charge is 0.460 e. The van der Waals surface area contributed by atoms with Crippen molar-refractivity contribution in [3.63, 3.8) is 0 Å². The van der Waals surface area contributed by atoms with E-state index in [9.17, 15) is 9.59 Å². The highest BCUT2D eigenvalue weighted by atomic mass is 35.5. The molecule has 0 aliphatic carbocycles. The minimum Gasteiger partial charge on any atom is -0.460 e. The molecule has 4 rings (SSSR count). The Labute approximate surface area is 244 Å².